The molecule has 0 saturated carbocycles. The molecule has 1 aromatic carbocycles. The third-order valence-corrected chi connectivity index (χ3v) is 1.75. The van der Waals surface area contributed by atoms with E-state index >= 15 is 0 Å². The van der Waals surface area contributed by atoms with Gasteiger partial charge in [-0.15, -0.1) is 10.2 Å². The third kappa shape index (κ3) is 2.07. The highest BCUT2D eigenvalue weighted by Gasteiger charge is 1.99. The molecule has 0 saturated heterocycles. The van der Waals surface area contributed by atoms with Gasteiger partial charge in [-0.3, -0.25) is 0 Å². The molecular formula is C9H6N6. The first-order valence-electron chi connectivity index (χ1n) is 4.20. The Kier molecular flexibility index (Phi) is 2.53. The molecule has 0 fully saturated rings. The van der Waals surface area contributed by atoms with Crippen LogP contribution in [0.1, 0.15) is 0 Å². The summed E-state index contributed by atoms with van der Waals surface area (Å²) >= 11 is 0. The van der Waals surface area contributed by atoms with Crippen molar-refractivity contribution in [3.05, 3.63) is 47.0 Å². The fourth-order valence-electron chi connectivity index (χ4n) is 1.10. The molecule has 0 aliphatic heterocycles. The molecule has 0 aliphatic carbocycles. The van der Waals surface area contributed by atoms with Crippen molar-refractivity contribution < 1.29 is 0 Å². The largest absolute Gasteiger partial charge is 0.238 e. The summed E-state index contributed by atoms with van der Waals surface area (Å²) in [6.07, 6.45) is 1.52. The van der Waals surface area contributed by atoms with Crippen LogP contribution in [0.4, 0.5) is 5.95 Å². The second kappa shape index (κ2) is 4.17. The number of hydrogen-bond donors (Lipinski definition) is 0. The maximum atomic E-state index is 8.16. The fraction of sp³-hybridized carbons (Fsp3) is 0. The first-order valence-corrected chi connectivity index (χ1v) is 4.20. The van der Waals surface area contributed by atoms with Gasteiger partial charge in [0.15, 0.2) is 0 Å². The van der Waals surface area contributed by atoms with Crippen LogP contribution in [0.2, 0.25) is 0 Å². The van der Waals surface area contributed by atoms with Crippen LogP contribution in [0.3, 0.4) is 0 Å². The van der Waals surface area contributed by atoms with Gasteiger partial charge in [0.25, 0.3) is 0 Å². The van der Waals surface area contributed by atoms with Crippen LogP contribution in [0, 0.1) is 0 Å². The first-order chi connectivity index (χ1) is 7.40. The molecule has 0 aliphatic rings. The molecule has 2 rings (SSSR count). The Morgan fingerprint density at radius 1 is 1.13 bits per heavy atom. The highest BCUT2D eigenvalue weighted by atomic mass is 15.3. The van der Waals surface area contributed by atoms with Crippen molar-refractivity contribution in [2.45, 2.75) is 0 Å². The van der Waals surface area contributed by atoms with Crippen molar-refractivity contribution in [1.29, 1.82) is 0 Å². The molecule has 0 unspecified atom stereocenters. The van der Waals surface area contributed by atoms with Gasteiger partial charge in [0.2, 0.25) is 5.95 Å². The molecule has 6 nitrogen and oxygen atoms in total. The number of aromatic nitrogens is 3. The molecule has 0 spiro atoms. The van der Waals surface area contributed by atoms with Gasteiger partial charge in [-0.2, -0.15) is 0 Å². The minimum Gasteiger partial charge on any atom is -0.231 e. The molecule has 0 radical (unpaired) electrons. The Balaban J connectivity index is 2.36. The van der Waals surface area contributed by atoms with Gasteiger partial charge < -0.3 is 0 Å². The zero-order valence-corrected chi connectivity index (χ0v) is 7.65. The van der Waals surface area contributed by atoms with E-state index in [-0.39, 0.29) is 5.95 Å². The molecule has 6 heteroatoms. The van der Waals surface area contributed by atoms with Crippen molar-refractivity contribution in [3.8, 4) is 11.3 Å². The Labute approximate surface area is 85.2 Å². The topological polar surface area (TPSA) is 87.4 Å². The number of benzene rings is 1. The van der Waals surface area contributed by atoms with E-state index in [4.69, 9.17) is 5.53 Å². The number of nitrogens with zero attached hydrogens (tertiary/aromatic N) is 6. The maximum absolute atomic E-state index is 8.16. The van der Waals surface area contributed by atoms with Crippen LogP contribution >= 0.6 is 0 Å². The maximum Gasteiger partial charge on any atom is 0.238 e. The van der Waals surface area contributed by atoms with E-state index < -0.39 is 0 Å². The lowest BCUT2D eigenvalue weighted by Crippen LogP contribution is -1.89. The van der Waals surface area contributed by atoms with Crippen LogP contribution in [0.25, 0.3) is 21.7 Å². The average molecular weight is 198 g/mol. The fourth-order valence-corrected chi connectivity index (χ4v) is 1.10. The normalized spacial score (nSPS) is 9.33. The number of hydrogen-bond acceptors (Lipinski definition) is 4. The Bertz CT molecular complexity index is 486. The molecule has 0 N–H and O–H groups in total. The third-order valence-electron chi connectivity index (χ3n) is 1.75. The second-order valence-corrected chi connectivity index (χ2v) is 2.70. The summed E-state index contributed by atoms with van der Waals surface area (Å²) in [5.74, 6) is 0.0252. The van der Waals surface area contributed by atoms with Crippen molar-refractivity contribution in [3.63, 3.8) is 0 Å². The van der Waals surface area contributed by atoms with Crippen molar-refractivity contribution in [2.75, 3.05) is 0 Å². The summed E-state index contributed by atoms with van der Waals surface area (Å²) in [6.45, 7) is 0. The molecule has 0 amide bonds. The highest BCUT2D eigenvalue weighted by molar-refractivity contribution is 5.57. The van der Waals surface area contributed by atoms with Gasteiger partial charge in [-0.25, -0.2) is 4.98 Å². The smallest absolute Gasteiger partial charge is 0.231 e. The van der Waals surface area contributed by atoms with E-state index in [9.17, 15) is 0 Å². The predicted octanol–water partition coefficient (Wildman–Crippen LogP) is 2.48. The first kappa shape index (κ1) is 9.11. The molecule has 1 aromatic heterocycles. The van der Waals surface area contributed by atoms with Crippen molar-refractivity contribution in [1.82, 2.24) is 15.2 Å². The van der Waals surface area contributed by atoms with Gasteiger partial charge in [-0.1, -0.05) is 30.3 Å². The molecule has 2 aromatic rings. The molecule has 1 heterocycles. The van der Waals surface area contributed by atoms with Gasteiger partial charge in [0.05, 0.1) is 6.20 Å². The lowest BCUT2D eigenvalue weighted by Gasteiger charge is -1.97. The summed E-state index contributed by atoms with van der Waals surface area (Å²) in [5.41, 5.74) is 9.72. The predicted molar refractivity (Wildman–Crippen MR) is 54.1 cm³/mol. The lowest BCUT2D eigenvalue weighted by atomic mass is 10.2. The van der Waals surface area contributed by atoms with Crippen LogP contribution in [-0.4, -0.2) is 15.2 Å². The van der Waals surface area contributed by atoms with Gasteiger partial charge in [0, 0.05) is 10.5 Å². The molecule has 0 atom stereocenters. The van der Waals surface area contributed by atoms with E-state index in [1.807, 2.05) is 30.3 Å². The Morgan fingerprint density at radius 2 is 1.93 bits per heavy atom. The van der Waals surface area contributed by atoms with E-state index in [0.717, 1.165) is 5.56 Å². The zero-order valence-electron chi connectivity index (χ0n) is 7.65. The monoisotopic (exact) mass is 198 g/mol. The SMILES string of the molecule is [N-]=[N+]=Nc1ncc(-c2ccccc2)nn1. The Morgan fingerprint density at radius 3 is 2.53 bits per heavy atom. The zero-order chi connectivity index (χ0) is 10.5. The van der Waals surface area contributed by atoms with Crippen LogP contribution in [-0.2, 0) is 0 Å². The minimum atomic E-state index is 0.0252. The lowest BCUT2D eigenvalue weighted by molar-refractivity contribution is 0.966. The van der Waals surface area contributed by atoms with Gasteiger partial charge in [0.1, 0.15) is 5.69 Å². The van der Waals surface area contributed by atoms with Gasteiger partial charge >= 0.3 is 0 Å². The van der Waals surface area contributed by atoms with E-state index in [1.165, 1.54) is 6.20 Å². The van der Waals surface area contributed by atoms with Crippen LogP contribution in [0.15, 0.2) is 41.6 Å². The Hall–Kier alpha value is -2.46. The quantitative estimate of drug-likeness (QED) is 0.421. The highest BCUT2D eigenvalue weighted by Crippen LogP contribution is 2.14. The summed E-state index contributed by atoms with van der Waals surface area (Å²) in [4.78, 5) is 6.42. The molecular weight excluding hydrogens is 192 g/mol. The van der Waals surface area contributed by atoms with Crippen molar-refractivity contribution in [2.24, 2.45) is 5.11 Å². The van der Waals surface area contributed by atoms with Crippen molar-refractivity contribution >= 4 is 5.95 Å². The molecule has 0 bridgehead atoms. The van der Waals surface area contributed by atoms with E-state index in [0.29, 0.717) is 5.69 Å². The van der Waals surface area contributed by atoms with Gasteiger partial charge in [-0.05, 0) is 10.6 Å². The van der Waals surface area contributed by atoms with E-state index in [2.05, 4.69) is 25.2 Å². The summed E-state index contributed by atoms with van der Waals surface area (Å²) in [6, 6.07) is 9.52. The summed E-state index contributed by atoms with van der Waals surface area (Å²) < 4.78 is 0. The number of azide groups is 1. The minimum absolute atomic E-state index is 0.0252. The van der Waals surface area contributed by atoms with E-state index in [1.54, 1.807) is 0 Å². The number of rotatable bonds is 2. The standard InChI is InChI=1S/C9H6N6/c10-15-14-9-11-6-8(12-13-9)7-4-2-1-3-5-7/h1-6H. The van der Waals surface area contributed by atoms with Crippen LogP contribution in [0.5, 0.6) is 0 Å². The summed E-state index contributed by atoms with van der Waals surface area (Å²) in [7, 11) is 0. The van der Waals surface area contributed by atoms with Crippen LogP contribution < -0.4 is 0 Å². The second-order valence-electron chi connectivity index (χ2n) is 2.70. The summed E-state index contributed by atoms with van der Waals surface area (Å²) in [5, 5.41) is 10.8. The average Bonchev–Trinajstić information content (AvgIpc) is 2.32. The molecule has 15 heavy (non-hydrogen) atoms. The molecule has 72 valence electrons.